The maximum atomic E-state index is 13.1. The number of aliphatic hydroxyl groups is 1. The lowest BCUT2D eigenvalue weighted by atomic mass is 9.94. The lowest BCUT2D eigenvalue weighted by Gasteiger charge is -2.14. The van der Waals surface area contributed by atoms with Gasteiger partial charge in [0.05, 0.1) is 13.2 Å². The van der Waals surface area contributed by atoms with Gasteiger partial charge in [-0.25, -0.2) is 0 Å². The summed E-state index contributed by atoms with van der Waals surface area (Å²) in [4.78, 5) is 17.4. The van der Waals surface area contributed by atoms with Gasteiger partial charge in [0.25, 0.3) is 5.91 Å². The van der Waals surface area contributed by atoms with Crippen LogP contribution in [0, 0.1) is 6.92 Å². The molecule has 6 nitrogen and oxygen atoms in total. The van der Waals surface area contributed by atoms with Gasteiger partial charge >= 0.3 is 0 Å². The highest BCUT2D eigenvalue weighted by molar-refractivity contribution is 6.12. The second-order valence-electron chi connectivity index (χ2n) is 7.75. The largest absolute Gasteiger partial charge is 0.395 e. The van der Waals surface area contributed by atoms with Crippen LogP contribution in [0.2, 0.25) is 0 Å². The van der Waals surface area contributed by atoms with E-state index >= 15 is 0 Å². The summed E-state index contributed by atoms with van der Waals surface area (Å²) in [6.45, 7) is 3.72. The van der Waals surface area contributed by atoms with Gasteiger partial charge in [0.2, 0.25) is 0 Å². The van der Waals surface area contributed by atoms with E-state index in [4.69, 9.17) is 9.84 Å². The molecular formula is C27H31N3O3. The van der Waals surface area contributed by atoms with Gasteiger partial charge in [-0.05, 0) is 52.9 Å². The number of amides is 1. The van der Waals surface area contributed by atoms with Crippen molar-refractivity contribution in [1.29, 1.82) is 0 Å². The third kappa shape index (κ3) is 6.35. The molecule has 0 unspecified atom stereocenters. The minimum atomic E-state index is -0.229. The number of carbonyl (C=O) groups excluding carboxylic acids is 1. The number of benzene rings is 3. The number of methoxy groups -OCH3 is 1. The fourth-order valence-corrected chi connectivity index (χ4v) is 3.72. The molecule has 0 aromatic heterocycles. The molecule has 0 heterocycles. The number of nitrogens with one attached hydrogen (secondary N) is 2. The minimum Gasteiger partial charge on any atom is -0.395 e. The van der Waals surface area contributed by atoms with E-state index in [1.165, 1.54) is 5.56 Å². The molecule has 172 valence electrons. The van der Waals surface area contributed by atoms with Crippen molar-refractivity contribution in [3.8, 4) is 11.1 Å². The van der Waals surface area contributed by atoms with Crippen LogP contribution in [0.4, 0.5) is 0 Å². The van der Waals surface area contributed by atoms with Crippen molar-refractivity contribution in [2.45, 2.75) is 20.1 Å². The van der Waals surface area contributed by atoms with Crippen LogP contribution in [0.25, 0.3) is 11.1 Å². The van der Waals surface area contributed by atoms with Gasteiger partial charge in [-0.3, -0.25) is 9.79 Å². The Morgan fingerprint density at radius 1 is 1.00 bits per heavy atom. The molecule has 0 aliphatic carbocycles. The lowest BCUT2D eigenvalue weighted by Crippen LogP contribution is -2.31. The highest BCUT2D eigenvalue weighted by Gasteiger charge is 2.15. The van der Waals surface area contributed by atoms with E-state index in [0.717, 1.165) is 27.8 Å². The van der Waals surface area contributed by atoms with Gasteiger partial charge in [-0.15, -0.1) is 0 Å². The van der Waals surface area contributed by atoms with Gasteiger partial charge in [0, 0.05) is 38.4 Å². The summed E-state index contributed by atoms with van der Waals surface area (Å²) >= 11 is 0. The molecule has 0 spiro atoms. The number of ether oxygens (including phenoxy) is 1. The molecule has 0 radical (unpaired) electrons. The topological polar surface area (TPSA) is 83.0 Å². The van der Waals surface area contributed by atoms with Crippen molar-refractivity contribution in [1.82, 2.24) is 10.6 Å². The number of amidine groups is 1. The van der Waals surface area contributed by atoms with Crippen LogP contribution < -0.4 is 10.6 Å². The van der Waals surface area contributed by atoms with Crippen molar-refractivity contribution in [2.24, 2.45) is 4.99 Å². The molecule has 3 aromatic rings. The van der Waals surface area contributed by atoms with E-state index in [1.807, 2.05) is 54.6 Å². The maximum Gasteiger partial charge on any atom is 0.256 e. The van der Waals surface area contributed by atoms with Crippen molar-refractivity contribution in [3.05, 3.63) is 94.5 Å². The van der Waals surface area contributed by atoms with Crippen molar-refractivity contribution < 1.29 is 14.6 Å². The van der Waals surface area contributed by atoms with Gasteiger partial charge in [0.15, 0.2) is 0 Å². The average molecular weight is 446 g/mol. The molecule has 0 saturated carbocycles. The summed E-state index contributed by atoms with van der Waals surface area (Å²) in [5, 5.41) is 15.0. The van der Waals surface area contributed by atoms with E-state index in [1.54, 1.807) is 14.2 Å². The molecule has 0 aliphatic rings. The standard InChI is InChI=1S/C27H31N3O3/c1-19-7-4-5-10-24(19)25-12-11-22(16-23(25)18-33-3)27(32)30-26(28-2)21-9-6-8-20(15-21)17-29-13-14-31/h4-12,15-16,29,31H,13-14,17-18H2,1-3H3,(H,28,30,32). The van der Waals surface area contributed by atoms with Crippen molar-refractivity contribution in [2.75, 3.05) is 27.3 Å². The molecule has 33 heavy (non-hydrogen) atoms. The average Bonchev–Trinajstić information content (AvgIpc) is 2.83. The molecule has 0 bridgehead atoms. The Bertz CT molecular complexity index is 1130. The van der Waals surface area contributed by atoms with E-state index in [-0.39, 0.29) is 12.5 Å². The normalized spacial score (nSPS) is 11.5. The first kappa shape index (κ1) is 24.3. The minimum absolute atomic E-state index is 0.0884. The molecule has 3 rings (SSSR count). The second kappa shape index (κ2) is 12.1. The van der Waals surface area contributed by atoms with Crippen molar-refractivity contribution >= 4 is 11.7 Å². The van der Waals surface area contributed by atoms with Gasteiger partial charge in [-0.1, -0.05) is 48.5 Å². The zero-order valence-corrected chi connectivity index (χ0v) is 19.4. The number of aliphatic imine (C=N–C) groups is 1. The molecule has 6 heteroatoms. The first-order valence-corrected chi connectivity index (χ1v) is 10.9. The summed E-state index contributed by atoms with van der Waals surface area (Å²) in [5.74, 6) is 0.272. The monoisotopic (exact) mass is 445 g/mol. The highest BCUT2D eigenvalue weighted by atomic mass is 16.5. The third-order valence-electron chi connectivity index (χ3n) is 5.38. The van der Waals surface area contributed by atoms with E-state index in [9.17, 15) is 4.79 Å². The Morgan fingerprint density at radius 3 is 2.55 bits per heavy atom. The number of hydrogen-bond acceptors (Lipinski definition) is 5. The number of carbonyl (C=O) groups is 1. The number of rotatable bonds is 9. The van der Waals surface area contributed by atoms with Gasteiger partial charge in [-0.2, -0.15) is 0 Å². The summed E-state index contributed by atoms with van der Waals surface area (Å²) in [7, 11) is 3.31. The maximum absolute atomic E-state index is 13.1. The zero-order chi connectivity index (χ0) is 23.6. The fraction of sp³-hybridized carbons (Fsp3) is 0.259. The van der Waals surface area contributed by atoms with Gasteiger partial charge < -0.3 is 20.5 Å². The van der Waals surface area contributed by atoms with Crippen LogP contribution in [0.5, 0.6) is 0 Å². The van der Waals surface area contributed by atoms with Crippen LogP contribution in [0.15, 0.2) is 71.7 Å². The molecule has 0 atom stereocenters. The van der Waals surface area contributed by atoms with E-state index in [0.29, 0.717) is 31.1 Å². The predicted molar refractivity (Wildman–Crippen MR) is 132 cm³/mol. The molecule has 0 fully saturated rings. The Morgan fingerprint density at radius 2 is 1.82 bits per heavy atom. The van der Waals surface area contributed by atoms with Crippen molar-refractivity contribution in [3.63, 3.8) is 0 Å². The zero-order valence-electron chi connectivity index (χ0n) is 19.4. The Labute approximate surface area is 195 Å². The Hall–Kier alpha value is -3.32. The SMILES string of the molecule is C/N=C(\NC(=O)c1ccc(-c2ccccc2C)c(COC)c1)c1cccc(CNCCO)c1. The molecule has 3 N–H and O–H groups in total. The van der Waals surface area contributed by atoms with E-state index < -0.39 is 0 Å². The van der Waals surface area contributed by atoms with Crippen LogP contribution in [0.1, 0.15) is 32.6 Å². The smallest absolute Gasteiger partial charge is 0.256 e. The summed E-state index contributed by atoms with van der Waals surface area (Å²) in [6, 6.07) is 21.7. The first-order chi connectivity index (χ1) is 16.1. The quantitative estimate of drug-likeness (QED) is 0.266. The molecular weight excluding hydrogens is 414 g/mol. The highest BCUT2D eigenvalue weighted by Crippen LogP contribution is 2.28. The van der Waals surface area contributed by atoms with Gasteiger partial charge in [0.1, 0.15) is 5.84 Å². The first-order valence-electron chi connectivity index (χ1n) is 10.9. The predicted octanol–water partition coefficient (Wildman–Crippen LogP) is 3.70. The Kier molecular flexibility index (Phi) is 8.89. The molecule has 0 aliphatic heterocycles. The summed E-state index contributed by atoms with van der Waals surface area (Å²) in [6.07, 6.45) is 0. The Balaban J connectivity index is 1.82. The van der Waals surface area contributed by atoms with Crippen LogP contribution >= 0.6 is 0 Å². The molecule has 0 saturated heterocycles. The number of aryl methyl sites for hydroxylation is 1. The molecule has 3 aromatic carbocycles. The molecule has 1 amide bonds. The summed E-state index contributed by atoms with van der Waals surface area (Å²) < 4.78 is 5.41. The summed E-state index contributed by atoms with van der Waals surface area (Å²) in [5.41, 5.74) is 6.70. The number of nitrogens with zero attached hydrogens (tertiary/aromatic N) is 1. The van der Waals surface area contributed by atoms with E-state index in [2.05, 4.69) is 34.7 Å². The second-order valence-corrected chi connectivity index (χ2v) is 7.75. The fourth-order valence-electron chi connectivity index (χ4n) is 3.72. The number of aliphatic hydroxyl groups excluding tert-OH is 1. The van der Waals surface area contributed by atoms with Crippen LogP contribution in [-0.4, -0.2) is 44.2 Å². The third-order valence-corrected chi connectivity index (χ3v) is 5.38. The van der Waals surface area contributed by atoms with Crippen LogP contribution in [-0.2, 0) is 17.9 Å². The lowest BCUT2D eigenvalue weighted by molar-refractivity contribution is 0.0976. The van der Waals surface area contributed by atoms with Crippen LogP contribution in [0.3, 0.4) is 0 Å². The number of hydrogen-bond donors (Lipinski definition) is 3.